The molecule has 0 radical (unpaired) electrons. The van der Waals surface area contributed by atoms with E-state index in [0.717, 1.165) is 4.90 Å². The van der Waals surface area contributed by atoms with Gasteiger partial charge in [-0.25, -0.2) is 4.98 Å². The average molecular weight is 327 g/mol. The minimum Gasteiger partial charge on any atom is -0.481 e. The first-order valence-electron chi connectivity index (χ1n) is 6.78. The molecule has 3 heterocycles. The zero-order chi connectivity index (χ0) is 16.8. The summed E-state index contributed by atoms with van der Waals surface area (Å²) in [5, 5.41) is 9.01. The van der Waals surface area contributed by atoms with Crippen LogP contribution in [0, 0.1) is 5.41 Å². The molecule has 0 bridgehead atoms. The Labute approximate surface area is 128 Å². The third-order valence-electron chi connectivity index (χ3n) is 4.09. The number of aromatic nitrogens is 2. The summed E-state index contributed by atoms with van der Waals surface area (Å²) in [7, 11) is 0. The van der Waals surface area contributed by atoms with Gasteiger partial charge in [0.05, 0.1) is 0 Å². The molecule has 1 atom stereocenters. The third-order valence-corrected chi connectivity index (χ3v) is 4.09. The van der Waals surface area contributed by atoms with Crippen LogP contribution < -0.4 is 0 Å². The van der Waals surface area contributed by atoms with E-state index in [2.05, 4.69) is 4.98 Å². The largest absolute Gasteiger partial charge is 0.481 e. The van der Waals surface area contributed by atoms with Crippen LogP contribution in [0.15, 0.2) is 30.6 Å². The lowest BCUT2D eigenvalue weighted by atomic mass is 9.86. The van der Waals surface area contributed by atoms with Crippen molar-refractivity contribution in [2.45, 2.75) is 12.6 Å². The van der Waals surface area contributed by atoms with Gasteiger partial charge in [-0.1, -0.05) is 6.07 Å². The molecule has 6 nitrogen and oxygen atoms in total. The number of hydrogen-bond donors (Lipinski definition) is 1. The van der Waals surface area contributed by atoms with E-state index in [-0.39, 0.29) is 12.2 Å². The molecule has 1 unspecified atom stereocenters. The van der Waals surface area contributed by atoms with Gasteiger partial charge in [-0.2, -0.15) is 13.2 Å². The molecule has 0 saturated carbocycles. The van der Waals surface area contributed by atoms with E-state index in [0.29, 0.717) is 5.65 Å². The molecule has 9 heteroatoms. The molecule has 0 spiro atoms. The molecule has 0 aromatic carbocycles. The first-order chi connectivity index (χ1) is 10.7. The van der Waals surface area contributed by atoms with E-state index in [1.165, 1.54) is 6.20 Å². The van der Waals surface area contributed by atoms with Crippen LogP contribution in [0.2, 0.25) is 0 Å². The maximum Gasteiger partial charge on any atom is 0.406 e. The second-order valence-electron chi connectivity index (χ2n) is 5.45. The summed E-state index contributed by atoms with van der Waals surface area (Å²) in [6.07, 6.45) is -2.52. The molecular formula is C14H12F3N3O3. The standard InChI is InChI=1S/C14H12F3N3O3/c15-14(16,17)13(12(22)23)4-6-20(8-13)11(21)9-7-19-5-2-1-3-10(19)18-9/h1-3,5,7H,4,6,8H2,(H,22,23). The molecule has 1 saturated heterocycles. The predicted molar refractivity (Wildman–Crippen MR) is 71.8 cm³/mol. The Morgan fingerprint density at radius 2 is 2.04 bits per heavy atom. The van der Waals surface area contributed by atoms with E-state index < -0.39 is 36.4 Å². The molecule has 2 aromatic rings. The van der Waals surface area contributed by atoms with Gasteiger partial charge >= 0.3 is 12.1 Å². The highest BCUT2D eigenvalue weighted by Crippen LogP contribution is 2.45. The van der Waals surface area contributed by atoms with Gasteiger partial charge in [0.1, 0.15) is 11.3 Å². The molecule has 1 N–H and O–H groups in total. The molecule has 1 fully saturated rings. The number of alkyl halides is 3. The number of amides is 1. The van der Waals surface area contributed by atoms with E-state index in [4.69, 9.17) is 5.11 Å². The minimum absolute atomic E-state index is 0.0143. The van der Waals surface area contributed by atoms with Crippen LogP contribution >= 0.6 is 0 Å². The van der Waals surface area contributed by atoms with Crippen LogP contribution in [0.4, 0.5) is 13.2 Å². The first-order valence-corrected chi connectivity index (χ1v) is 6.78. The second-order valence-corrected chi connectivity index (χ2v) is 5.45. The summed E-state index contributed by atoms with van der Waals surface area (Å²) in [5.74, 6) is -2.67. The third kappa shape index (κ3) is 2.32. The zero-order valence-corrected chi connectivity index (χ0v) is 11.7. The van der Waals surface area contributed by atoms with Crippen molar-refractivity contribution in [1.29, 1.82) is 0 Å². The van der Waals surface area contributed by atoms with Crippen molar-refractivity contribution in [2.24, 2.45) is 5.41 Å². The normalized spacial score (nSPS) is 21.8. The van der Waals surface area contributed by atoms with Crippen molar-refractivity contribution in [3.05, 3.63) is 36.3 Å². The lowest BCUT2D eigenvalue weighted by Crippen LogP contribution is -2.47. The number of carbonyl (C=O) groups excluding carboxylic acids is 1. The fraction of sp³-hybridized carbons (Fsp3) is 0.357. The van der Waals surface area contributed by atoms with Crippen LogP contribution in [0.5, 0.6) is 0 Å². The Hall–Kier alpha value is -2.58. The molecule has 0 aliphatic carbocycles. The smallest absolute Gasteiger partial charge is 0.406 e. The number of pyridine rings is 1. The molecule has 1 amide bonds. The van der Waals surface area contributed by atoms with Gasteiger partial charge in [0, 0.05) is 25.5 Å². The van der Waals surface area contributed by atoms with Crippen LogP contribution in [0.1, 0.15) is 16.9 Å². The molecule has 122 valence electrons. The maximum atomic E-state index is 13.1. The fourth-order valence-corrected chi connectivity index (χ4v) is 2.71. The van der Waals surface area contributed by atoms with Gasteiger partial charge in [-0.15, -0.1) is 0 Å². The molecule has 1 aliphatic rings. The zero-order valence-electron chi connectivity index (χ0n) is 11.7. The quantitative estimate of drug-likeness (QED) is 0.913. The monoisotopic (exact) mass is 327 g/mol. The molecule has 23 heavy (non-hydrogen) atoms. The SMILES string of the molecule is O=C(c1cn2ccccc2n1)N1CCC(C(=O)O)(C(F)(F)F)C1. The van der Waals surface area contributed by atoms with Crippen molar-refractivity contribution in [3.8, 4) is 0 Å². The average Bonchev–Trinajstić information content (AvgIpc) is 3.10. The molecular weight excluding hydrogens is 315 g/mol. The minimum atomic E-state index is -4.92. The van der Waals surface area contributed by atoms with Gasteiger partial charge in [0.2, 0.25) is 0 Å². The number of hydrogen-bond acceptors (Lipinski definition) is 3. The van der Waals surface area contributed by atoms with Gasteiger partial charge in [0.15, 0.2) is 5.41 Å². The Morgan fingerprint density at radius 1 is 1.30 bits per heavy atom. The molecule has 3 rings (SSSR count). The number of likely N-dealkylation sites (tertiary alicyclic amines) is 1. The summed E-state index contributed by atoms with van der Waals surface area (Å²) in [6, 6.07) is 5.08. The number of carboxylic acid groups (broad SMARTS) is 1. The number of nitrogens with zero attached hydrogens (tertiary/aromatic N) is 3. The Balaban J connectivity index is 1.88. The highest BCUT2D eigenvalue weighted by atomic mass is 19.4. The van der Waals surface area contributed by atoms with Crippen molar-refractivity contribution in [2.75, 3.05) is 13.1 Å². The molecule has 2 aromatic heterocycles. The number of rotatable bonds is 2. The number of fused-ring (bicyclic) bond motifs is 1. The number of halogens is 3. The predicted octanol–water partition coefficient (Wildman–Crippen LogP) is 1.81. The lowest BCUT2D eigenvalue weighted by Gasteiger charge is -2.27. The van der Waals surface area contributed by atoms with Gasteiger partial charge in [-0.05, 0) is 18.6 Å². The van der Waals surface area contributed by atoms with Crippen molar-refractivity contribution >= 4 is 17.5 Å². The Bertz CT molecular complexity index is 753. The van der Waals surface area contributed by atoms with Gasteiger partial charge in [0.25, 0.3) is 5.91 Å². The summed E-state index contributed by atoms with van der Waals surface area (Å²) in [4.78, 5) is 28.4. The summed E-state index contributed by atoms with van der Waals surface area (Å²) in [6.45, 7) is -1.18. The fourth-order valence-electron chi connectivity index (χ4n) is 2.71. The topological polar surface area (TPSA) is 74.9 Å². The lowest BCUT2D eigenvalue weighted by molar-refractivity contribution is -0.227. The number of carboxylic acids is 1. The molecule has 1 aliphatic heterocycles. The Morgan fingerprint density at radius 3 is 2.61 bits per heavy atom. The van der Waals surface area contributed by atoms with Crippen LogP contribution in [-0.2, 0) is 4.79 Å². The number of carbonyl (C=O) groups is 2. The van der Waals surface area contributed by atoms with E-state index in [9.17, 15) is 22.8 Å². The number of imidazole rings is 1. The van der Waals surface area contributed by atoms with Gasteiger partial charge < -0.3 is 14.4 Å². The van der Waals surface area contributed by atoms with E-state index in [1.54, 1.807) is 28.8 Å². The summed E-state index contributed by atoms with van der Waals surface area (Å²) < 4.78 is 41.0. The number of aliphatic carboxylic acids is 1. The van der Waals surface area contributed by atoms with Crippen molar-refractivity contribution in [3.63, 3.8) is 0 Å². The van der Waals surface area contributed by atoms with E-state index >= 15 is 0 Å². The highest BCUT2D eigenvalue weighted by Gasteiger charge is 2.64. The van der Waals surface area contributed by atoms with Crippen molar-refractivity contribution < 1.29 is 27.9 Å². The maximum absolute atomic E-state index is 13.1. The second kappa shape index (κ2) is 4.97. The van der Waals surface area contributed by atoms with Crippen LogP contribution in [0.3, 0.4) is 0 Å². The first kappa shape index (κ1) is 15.3. The van der Waals surface area contributed by atoms with E-state index in [1.807, 2.05) is 0 Å². The Kier molecular flexibility index (Phi) is 3.31. The summed E-state index contributed by atoms with van der Waals surface area (Å²) >= 11 is 0. The van der Waals surface area contributed by atoms with Crippen molar-refractivity contribution in [1.82, 2.24) is 14.3 Å². The highest BCUT2D eigenvalue weighted by molar-refractivity contribution is 5.94. The van der Waals surface area contributed by atoms with Crippen LogP contribution in [0.25, 0.3) is 5.65 Å². The summed E-state index contributed by atoms with van der Waals surface area (Å²) in [5.41, 5.74) is -2.45. The van der Waals surface area contributed by atoms with Crippen LogP contribution in [-0.4, -0.2) is 50.5 Å². The van der Waals surface area contributed by atoms with Gasteiger partial charge in [-0.3, -0.25) is 9.59 Å².